The Balaban J connectivity index is 3.19. The van der Waals surface area contributed by atoms with E-state index in [1.807, 2.05) is 25.1 Å². The van der Waals surface area contributed by atoms with Gasteiger partial charge in [-0.1, -0.05) is 85.7 Å². The molecular weight excluding hydrogens is 444 g/mol. The summed E-state index contributed by atoms with van der Waals surface area (Å²) in [6.07, 6.45) is 0.674. The highest BCUT2D eigenvalue weighted by Crippen LogP contribution is 2.41. The Labute approximate surface area is 206 Å². The molecule has 0 bridgehead atoms. The minimum atomic E-state index is -2.08. The molecule has 1 aromatic carbocycles. The van der Waals surface area contributed by atoms with Crippen LogP contribution in [0.3, 0.4) is 0 Å². The molecule has 0 saturated heterocycles. The van der Waals surface area contributed by atoms with Gasteiger partial charge in [-0.15, -0.1) is 0 Å². The molecule has 190 valence electrons. The lowest BCUT2D eigenvalue weighted by Gasteiger charge is -2.46. The first-order valence-electron chi connectivity index (χ1n) is 12.4. The van der Waals surface area contributed by atoms with Crippen molar-refractivity contribution in [1.82, 2.24) is 0 Å². The van der Waals surface area contributed by atoms with Crippen molar-refractivity contribution in [3.63, 3.8) is 0 Å². The van der Waals surface area contributed by atoms with E-state index in [0.717, 1.165) is 11.8 Å². The van der Waals surface area contributed by atoms with Gasteiger partial charge in [0.25, 0.3) is 0 Å². The van der Waals surface area contributed by atoms with Crippen molar-refractivity contribution >= 4 is 22.9 Å². The van der Waals surface area contributed by atoms with Gasteiger partial charge in [0.15, 0.2) is 16.6 Å². The van der Waals surface area contributed by atoms with E-state index in [9.17, 15) is 4.79 Å². The van der Waals surface area contributed by atoms with Gasteiger partial charge in [0.05, 0.1) is 25.4 Å². The van der Waals surface area contributed by atoms with Crippen LogP contribution in [0.5, 0.6) is 0 Å². The first-order valence-corrected chi connectivity index (χ1v) is 18.2. The van der Waals surface area contributed by atoms with Gasteiger partial charge in [0.1, 0.15) is 6.29 Å². The highest BCUT2D eigenvalue weighted by molar-refractivity contribution is 6.74. The zero-order chi connectivity index (χ0) is 25.7. The summed E-state index contributed by atoms with van der Waals surface area (Å²) in [5.41, 5.74) is 1.14. The predicted octanol–water partition coefficient (Wildman–Crippen LogP) is 7.46. The summed E-state index contributed by atoms with van der Waals surface area (Å²) < 4.78 is 19.9. The highest BCUT2D eigenvalue weighted by Gasteiger charge is 2.45. The zero-order valence-corrected chi connectivity index (χ0v) is 25.3. The first-order chi connectivity index (χ1) is 14.9. The summed E-state index contributed by atoms with van der Waals surface area (Å²) in [5, 5.41) is 0.142. The van der Waals surface area contributed by atoms with E-state index in [1.165, 1.54) is 0 Å². The molecule has 0 aliphatic carbocycles. The Morgan fingerprint density at radius 3 is 1.79 bits per heavy atom. The van der Waals surface area contributed by atoms with Crippen LogP contribution in [0, 0.1) is 11.8 Å². The number of carbonyl (C=O) groups excluding carboxylic acids is 1. The SMILES string of the molecule is C[C@@H]([C@@H](O[Si](C)(C)C(C)(C)C)[C@H](C)C=O)[C@H](COCc1ccccc1)O[Si](C)(C)C(C)(C)C. The quantitative estimate of drug-likeness (QED) is 0.223. The summed E-state index contributed by atoms with van der Waals surface area (Å²) >= 11 is 0. The standard InChI is InChI=1S/C27H50O4Si2/c1-21(18-28)25(31-33(11,12)27(6,7)8)22(2)24(30-32(9,10)26(3,4)5)20-29-19-23-16-14-13-15-17-23/h13-18,21-22,24-25H,19-20H2,1-12H3/t21-,22-,24+,25+/m1/s1. The van der Waals surface area contributed by atoms with Crippen LogP contribution in [0.4, 0.5) is 0 Å². The zero-order valence-electron chi connectivity index (χ0n) is 23.3. The minimum absolute atomic E-state index is 0.0178. The maximum atomic E-state index is 11.9. The van der Waals surface area contributed by atoms with Gasteiger partial charge in [0, 0.05) is 11.8 Å². The molecule has 0 N–H and O–H groups in total. The number of rotatable bonds is 12. The van der Waals surface area contributed by atoms with Crippen LogP contribution in [-0.4, -0.2) is 41.7 Å². The normalized spacial score (nSPS) is 17.3. The average Bonchev–Trinajstić information content (AvgIpc) is 2.69. The molecule has 0 aliphatic rings. The van der Waals surface area contributed by atoms with Gasteiger partial charge >= 0.3 is 0 Å². The Morgan fingerprint density at radius 1 is 0.848 bits per heavy atom. The predicted molar refractivity (Wildman–Crippen MR) is 145 cm³/mol. The molecule has 1 aromatic rings. The third kappa shape index (κ3) is 8.73. The Kier molecular flexibility index (Phi) is 10.8. The van der Waals surface area contributed by atoms with Crippen LogP contribution < -0.4 is 0 Å². The van der Waals surface area contributed by atoms with Gasteiger partial charge in [-0.25, -0.2) is 0 Å². The van der Waals surface area contributed by atoms with E-state index >= 15 is 0 Å². The fourth-order valence-electron chi connectivity index (χ4n) is 3.21. The molecule has 33 heavy (non-hydrogen) atoms. The van der Waals surface area contributed by atoms with E-state index in [0.29, 0.717) is 13.2 Å². The maximum absolute atomic E-state index is 11.9. The van der Waals surface area contributed by atoms with E-state index in [4.69, 9.17) is 13.6 Å². The molecule has 4 atom stereocenters. The van der Waals surface area contributed by atoms with E-state index in [2.05, 4.69) is 86.8 Å². The average molecular weight is 495 g/mol. The number of ether oxygens (including phenoxy) is 1. The van der Waals surface area contributed by atoms with Crippen LogP contribution in [0.15, 0.2) is 30.3 Å². The summed E-state index contributed by atoms with van der Waals surface area (Å²) in [6.45, 7) is 27.7. The third-order valence-electron chi connectivity index (χ3n) is 7.72. The van der Waals surface area contributed by atoms with Crippen molar-refractivity contribution in [2.24, 2.45) is 11.8 Å². The van der Waals surface area contributed by atoms with Crippen LogP contribution in [0.1, 0.15) is 61.0 Å². The fourth-order valence-corrected chi connectivity index (χ4v) is 6.07. The monoisotopic (exact) mass is 494 g/mol. The Bertz CT molecular complexity index is 720. The second-order valence-corrected chi connectivity index (χ2v) is 22.1. The Morgan fingerprint density at radius 2 is 1.33 bits per heavy atom. The van der Waals surface area contributed by atoms with Crippen molar-refractivity contribution in [2.45, 2.75) is 110 Å². The van der Waals surface area contributed by atoms with Crippen LogP contribution in [0.25, 0.3) is 0 Å². The molecule has 4 nitrogen and oxygen atoms in total. The summed E-state index contributed by atoms with van der Waals surface area (Å²) in [7, 11) is -4.14. The topological polar surface area (TPSA) is 44.8 Å². The van der Waals surface area contributed by atoms with Crippen molar-refractivity contribution < 1.29 is 18.4 Å². The summed E-state index contributed by atoms with van der Waals surface area (Å²) in [5.74, 6) is -0.196. The van der Waals surface area contributed by atoms with Gasteiger partial charge in [0.2, 0.25) is 0 Å². The number of carbonyl (C=O) groups is 1. The third-order valence-corrected chi connectivity index (χ3v) is 16.7. The van der Waals surface area contributed by atoms with Crippen LogP contribution in [0.2, 0.25) is 36.3 Å². The van der Waals surface area contributed by atoms with Crippen LogP contribution in [-0.2, 0) is 25.0 Å². The number of hydrogen-bond donors (Lipinski definition) is 0. The molecule has 0 aliphatic heterocycles. The molecule has 1 rings (SSSR count). The summed E-state index contributed by atoms with van der Waals surface area (Å²) in [4.78, 5) is 11.9. The van der Waals surface area contributed by atoms with Gasteiger partial charge < -0.3 is 18.4 Å². The lowest BCUT2D eigenvalue weighted by molar-refractivity contribution is -0.116. The molecule has 6 heteroatoms. The fraction of sp³-hybridized carbons (Fsp3) is 0.741. The van der Waals surface area contributed by atoms with Crippen molar-refractivity contribution in [2.75, 3.05) is 6.61 Å². The van der Waals surface area contributed by atoms with Crippen molar-refractivity contribution in [3.05, 3.63) is 35.9 Å². The molecule has 0 saturated carbocycles. The highest BCUT2D eigenvalue weighted by atomic mass is 28.4. The van der Waals surface area contributed by atoms with Crippen molar-refractivity contribution in [1.29, 1.82) is 0 Å². The first kappa shape index (κ1) is 30.2. The minimum Gasteiger partial charge on any atom is -0.413 e. The number of aldehydes is 1. The summed E-state index contributed by atoms with van der Waals surface area (Å²) in [6, 6.07) is 10.2. The molecule has 0 heterocycles. The molecular formula is C27H50O4Si2. The Hall–Kier alpha value is -0.796. The van der Waals surface area contributed by atoms with Crippen LogP contribution >= 0.6 is 0 Å². The number of hydrogen-bond acceptors (Lipinski definition) is 4. The van der Waals surface area contributed by atoms with Crippen molar-refractivity contribution in [3.8, 4) is 0 Å². The smallest absolute Gasteiger partial charge is 0.192 e. The number of benzene rings is 1. The van der Waals surface area contributed by atoms with E-state index in [-0.39, 0.29) is 34.1 Å². The second kappa shape index (κ2) is 11.8. The lowest BCUT2D eigenvalue weighted by atomic mass is 9.90. The van der Waals surface area contributed by atoms with E-state index < -0.39 is 16.6 Å². The lowest BCUT2D eigenvalue weighted by Crippen LogP contribution is -2.53. The molecule has 0 unspecified atom stereocenters. The molecule has 0 radical (unpaired) electrons. The van der Waals surface area contributed by atoms with E-state index in [1.54, 1.807) is 0 Å². The van der Waals surface area contributed by atoms with Gasteiger partial charge in [-0.2, -0.15) is 0 Å². The molecule has 0 aromatic heterocycles. The van der Waals surface area contributed by atoms with Gasteiger partial charge in [-0.3, -0.25) is 0 Å². The molecule has 0 spiro atoms. The second-order valence-electron chi connectivity index (χ2n) is 12.6. The largest absolute Gasteiger partial charge is 0.413 e. The molecule has 0 fully saturated rings. The maximum Gasteiger partial charge on any atom is 0.192 e. The molecule has 0 amide bonds. The van der Waals surface area contributed by atoms with Gasteiger partial charge in [-0.05, 0) is 41.8 Å².